The number of hydrogen-bond acceptors (Lipinski definition) is 5. The molecule has 0 bridgehead atoms. The third kappa shape index (κ3) is 4.37. The Kier molecular flexibility index (Phi) is 6.42. The lowest BCUT2D eigenvalue weighted by Gasteiger charge is -2.39. The summed E-state index contributed by atoms with van der Waals surface area (Å²) in [6.45, 7) is 8.01. The Morgan fingerprint density at radius 3 is 2.23 bits per heavy atom. The van der Waals surface area contributed by atoms with Crippen molar-refractivity contribution < 1.29 is 19.1 Å². The predicted molar refractivity (Wildman–Crippen MR) is 117 cm³/mol. The van der Waals surface area contributed by atoms with Crippen LogP contribution in [0.5, 0.6) is 11.5 Å². The molecule has 2 aliphatic heterocycles. The van der Waals surface area contributed by atoms with Crippen LogP contribution in [0.2, 0.25) is 0 Å². The van der Waals surface area contributed by atoms with Gasteiger partial charge in [0.05, 0.1) is 0 Å². The summed E-state index contributed by atoms with van der Waals surface area (Å²) in [6.07, 6.45) is 0. The maximum absolute atomic E-state index is 13.5. The summed E-state index contributed by atoms with van der Waals surface area (Å²) in [5.74, 6) is 1.32. The van der Waals surface area contributed by atoms with Gasteiger partial charge < -0.3 is 19.3 Å². The van der Waals surface area contributed by atoms with Crippen molar-refractivity contribution in [2.45, 2.75) is 19.9 Å². The smallest absolute Gasteiger partial charge is 0.254 e. The van der Waals surface area contributed by atoms with Gasteiger partial charge in [-0.25, -0.2) is 0 Å². The molecule has 0 aromatic heterocycles. The number of fused-ring (bicyclic) bond motifs is 1. The molecule has 0 N–H and O–H groups in total. The van der Waals surface area contributed by atoms with Crippen LogP contribution < -0.4 is 9.47 Å². The van der Waals surface area contributed by atoms with Gasteiger partial charge in [0.15, 0.2) is 11.5 Å². The van der Waals surface area contributed by atoms with Crippen molar-refractivity contribution >= 4 is 11.8 Å². The number of carbonyl (C=O) groups is 2. The molecule has 0 radical (unpaired) electrons. The number of hydrogen-bond donors (Lipinski definition) is 0. The van der Waals surface area contributed by atoms with Gasteiger partial charge in [-0.15, -0.1) is 0 Å². The van der Waals surface area contributed by atoms with E-state index in [0.29, 0.717) is 43.2 Å². The molecule has 0 spiro atoms. The predicted octanol–water partition coefficient (Wildman–Crippen LogP) is 2.78. The van der Waals surface area contributed by atoms with Gasteiger partial charge in [0.1, 0.15) is 6.04 Å². The lowest BCUT2D eigenvalue weighted by molar-refractivity contribution is -0.138. The molecule has 2 aromatic rings. The molecule has 164 valence electrons. The second kappa shape index (κ2) is 9.39. The van der Waals surface area contributed by atoms with Crippen molar-refractivity contribution in [3.8, 4) is 11.5 Å². The molecule has 2 amide bonds. The van der Waals surface area contributed by atoms with Crippen LogP contribution in [-0.4, -0.2) is 72.6 Å². The first-order valence-electron chi connectivity index (χ1n) is 10.9. The number of carbonyl (C=O) groups excluding carboxylic acids is 2. The van der Waals surface area contributed by atoms with E-state index in [1.54, 1.807) is 23.1 Å². The van der Waals surface area contributed by atoms with Crippen LogP contribution in [0.15, 0.2) is 48.5 Å². The first-order valence-corrected chi connectivity index (χ1v) is 10.9. The van der Waals surface area contributed by atoms with E-state index in [9.17, 15) is 9.59 Å². The van der Waals surface area contributed by atoms with Crippen LogP contribution in [0.4, 0.5) is 0 Å². The van der Waals surface area contributed by atoms with E-state index < -0.39 is 0 Å². The van der Waals surface area contributed by atoms with E-state index in [0.717, 1.165) is 18.7 Å². The molecular formula is C24H29N3O4. The van der Waals surface area contributed by atoms with Crippen LogP contribution >= 0.6 is 0 Å². The highest BCUT2D eigenvalue weighted by molar-refractivity contribution is 5.95. The maximum atomic E-state index is 13.5. The molecule has 1 atom stereocenters. The fourth-order valence-corrected chi connectivity index (χ4v) is 4.25. The topological polar surface area (TPSA) is 62.3 Å². The lowest BCUT2D eigenvalue weighted by Crippen LogP contribution is -2.53. The zero-order chi connectivity index (χ0) is 21.8. The monoisotopic (exact) mass is 423 g/mol. The second-order valence-electron chi connectivity index (χ2n) is 7.72. The van der Waals surface area contributed by atoms with E-state index in [1.165, 1.54) is 0 Å². The number of rotatable bonds is 6. The zero-order valence-corrected chi connectivity index (χ0v) is 18.1. The van der Waals surface area contributed by atoms with Crippen molar-refractivity contribution in [1.82, 2.24) is 14.7 Å². The SMILES string of the molecule is CCN(CC)C(C(=O)N1CCN(C(=O)c2ccc3c(c2)OCO3)CC1)c1ccccc1. The summed E-state index contributed by atoms with van der Waals surface area (Å²) in [6, 6.07) is 14.9. The van der Waals surface area contributed by atoms with Crippen molar-refractivity contribution in [2.24, 2.45) is 0 Å². The Labute approximate surface area is 183 Å². The fraction of sp³-hybridized carbons (Fsp3) is 0.417. The van der Waals surface area contributed by atoms with E-state index in [2.05, 4.69) is 18.7 Å². The Balaban J connectivity index is 1.43. The molecule has 1 fully saturated rings. The first-order chi connectivity index (χ1) is 15.1. The van der Waals surface area contributed by atoms with Gasteiger partial charge in [-0.1, -0.05) is 44.2 Å². The minimum absolute atomic E-state index is 0.0475. The third-order valence-corrected chi connectivity index (χ3v) is 6.02. The van der Waals surface area contributed by atoms with Crippen LogP contribution in [-0.2, 0) is 4.79 Å². The normalized spacial score (nSPS) is 16.5. The van der Waals surface area contributed by atoms with E-state index >= 15 is 0 Å². The summed E-state index contributed by atoms with van der Waals surface area (Å²) in [4.78, 5) is 32.3. The van der Waals surface area contributed by atoms with Gasteiger partial charge in [0.25, 0.3) is 5.91 Å². The molecule has 4 rings (SSSR count). The van der Waals surface area contributed by atoms with Crippen LogP contribution in [0.25, 0.3) is 0 Å². The fourth-order valence-electron chi connectivity index (χ4n) is 4.25. The molecular weight excluding hydrogens is 394 g/mol. The Bertz CT molecular complexity index is 922. The molecule has 2 heterocycles. The molecule has 31 heavy (non-hydrogen) atoms. The second-order valence-corrected chi connectivity index (χ2v) is 7.72. The Morgan fingerprint density at radius 1 is 0.903 bits per heavy atom. The summed E-state index contributed by atoms with van der Waals surface area (Å²) in [5, 5.41) is 0. The minimum Gasteiger partial charge on any atom is -0.454 e. The molecule has 2 aliphatic rings. The lowest BCUT2D eigenvalue weighted by atomic mass is 10.0. The highest BCUT2D eigenvalue weighted by atomic mass is 16.7. The number of nitrogens with zero attached hydrogens (tertiary/aromatic N) is 3. The highest BCUT2D eigenvalue weighted by Crippen LogP contribution is 2.33. The molecule has 0 aliphatic carbocycles. The summed E-state index contributed by atoms with van der Waals surface area (Å²) < 4.78 is 10.7. The maximum Gasteiger partial charge on any atom is 0.254 e. The molecule has 1 saturated heterocycles. The molecule has 1 unspecified atom stereocenters. The standard InChI is InChI=1S/C24H29N3O4/c1-3-25(4-2)22(18-8-6-5-7-9-18)24(29)27-14-12-26(13-15-27)23(28)19-10-11-20-21(16-19)31-17-30-20/h5-11,16,22H,3-4,12-15,17H2,1-2H3. The van der Waals surface area contributed by atoms with Crippen molar-refractivity contribution in [3.63, 3.8) is 0 Å². The van der Waals surface area contributed by atoms with Gasteiger partial charge in [0, 0.05) is 31.7 Å². The summed E-state index contributed by atoms with van der Waals surface area (Å²) >= 11 is 0. The van der Waals surface area contributed by atoms with E-state index in [4.69, 9.17) is 9.47 Å². The third-order valence-electron chi connectivity index (χ3n) is 6.02. The average molecular weight is 424 g/mol. The van der Waals surface area contributed by atoms with E-state index in [-0.39, 0.29) is 24.6 Å². The van der Waals surface area contributed by atoms with Gasteiger partial charge in [-0.05, 0) is 36.9 Å². The zero-order valence-electron chi connectivity index (χ0n) is 18.1. The number of amides is 2. The number of benzene rings is 2. The van der Waals surface area contributed by atoms with Crippen LogP contribution in [0.3, 0.4) is 0 Å². The van der Waals surface area contributed by atoms with Crippen molar-refractivity contribution in [2.75, 3.05) is 46.1 Å². The van der Waals surface area contributed by atoms with Gasteiger partial charge >= 0.3 is 0 Å². The summed E-state index contributed by atoms with van der Waals surface area (Å²) in [5.41, 5.74) is 1.59. The van der Waals surface area contributed by atoms with Crippen LogP contribution in [0, 0.1) is 0 Å². The largest absolute Gasteiger partial charge is 0.454 e. The quantitative estimate of drug-likeness (QED) is 0.715. The van der Waals surface area contributed by atoms with Crippen molar-refractivity contribution in [1.29, 1.82) is 0 Å². The van der Waals surface area contributed by atoms with Crippen molar-refractivity contribution in [3.05, 3.63) is 59.7 Å². The first kappa shape index (κ1) is 21.2. The number of likely N-dealkylation sites (N-methyl/N-ethyl adjacent to an activating group) is 1. The Morgan fingerprint density at radius 2 is 1.55 bits per heavy atom. The van der Waals surface area contributed by atoms with Gasteiger partial charge in [-0.3, -0.25) is 14.5 Å². The number of piperazine rings is 1. The van der Waals surface area contributed by atoms with E-state index in [1.807, 2.05) is 35.2 Å². The number of ether oxygens (including phenoxy) is 2. The van der Waals surface area contributed by atoms with Crippen LogP contribution in [0.1, 0.15) is 35.8 Å². The summed E-state index contributed by atoms with van der Waals surface area (Å²) in [7, 11) is 0. The van der Waals surface area contributed by atoms with Gasteiger partial charge in [-0.2, -0.15) is 0 Å². The minimum atomic E-state index is -0.299. The highest BCUT2D eigenvalue weighted by Gasteiger charge is 2.33. The Hall–Kier alpha value is -3.06. The average Bonchev–Trinajstić information content (AvgIpc) is 3.30. The molecule has 0 saturated carbocycles. The molecule has 2 aromatic carbocycles. The molecule has 7 heteroatoms. The molecule has 7 nitrogen and oxygen atoms in total. The van der Waals surface area contributed by atoms with Gasteiger partial charge in [0.2, 0.25) is 12.7 Å².